The van der Waals surface area contributed by atoms with Crippen LogP contribution in [0.5, 0.6) is 11.5 Å². The summed E-state index contributed by atoms with van der Waals surface area (Å²) in [5.74, 6) is -0.187. The summed E-state index contributed by atoms with van der Waals surface area (Å²) < 4.78 is 10.7. The number of fused-ring (bicyclic) bond motifs is 2. The second-order valence-electron chi connectivity index (χ2n) is 17.3. The third-order valence-electron chi connectivity index (χ3n) is 14.1. The molecule has 3 aromatic rings. The van der Waals surface area contributed by atoms with Gasteiger partial charge in [0.25, 0.3) is 0 Å². The van der Waals surface area contributed by atoms with E-state index in [0.29, 0.717) is 22.7 Å². The summed E-state index contributed by atoms with van der Waals surface area (Å²) in [7, 11) is 7.22. The highest BCUT2D eigenvalue weighted by Gasteiger charge is 2.60. The number of carbonyl (C=O) groups is 3. The Labute approximate surface area is 356 Å². The predicted molar refractivity (Wildman–Crippen MR) is 233 cm³/mol. The number of benzene rings is 3. The summed E-state index contributed by atoms with van der Waals surface area (Å²) in [5, 5.41) is 35.6. The molecular formula is C49H54N4O8. The first-order chi connectivity index (χ1) is 29.2. The van der Waals surface area contributed by atoms with Gasteiger partial charge in [0.2, 0.25) is 5.78 Å². The summed E-state index contributed by atoms with van der Waals surface area (Å²) >= 11 is 0. The van der Waals surface area contributed by atoms with Crippen LogP contribution in [0.25, 0.3) is 0 Å². The number of aromatic hydroxyl groups is 2. The maximum absolute atomic E-state index is 12.9. The number of ether oxygens (including phenoxy) is 2. The van der Waals surface area contributed by atoms with Gasteiger partial charge in [-0.1, -0.05) is 54.6 Å². The number of allylic oxidation sites excluding steroid dienone is 6. The maximum atomic E-state index is 12.9. The molecule has 3 aromatic carbocycles. The molecule has 12 nitrogen and oxygen atoms in total. The molecule has 0 aromatic heterocycles. The Balaban J connectivity index is 0.000000150. The highest BCUT2D eigenvalue weighted by molar-refractivity contribution is 6.06. The predicted octanol–water partition coefficient (Wildman–Crippen LogP) is 6.59. The summed E-state index contributed by atoms with van der Waals surface area (Å²) in [6.45, 7) is 3.69. The molecule has 2 fully saturated rings. The van der Waals surface area contributed by atoms with Crippen molar-refractivity contribution < 1.29 is 39.2 Å². The van der Waals surface area contributed by atoms with E-state index in [2.05, 4.69) is 54.3 Å². The van der Waals surface area contributed by atoms with Crippen LogP contribution in [0, 0.1) is 24.2 Å². The van der Waals surface area contributed by atoms with Crippen molar-refractivity contribution in [3.8, 4) is 11.5 Å². The highest BCUT2D eigenvalue weighted by atomic mass is 16.5. The zero-order valence-electron chi connectivity index (χ0n) is 35.2. The summed E-state index contributed by atoms with van der Waals surface area (Å²) in [6, 6.07) is 21.1. The molecule has 2 saturated heterocycles. The number of nitrogen functional groups attached to an aromatic ring is 1. The normalized spacial score (nSPS) is 29.7. The first-order valence-electron chi connectivity index (χ1n) is 20.8. The first kappa shape index (κ1) is 41.6. The second-order valence-corrected chi connectivity index (χ2v) is 17.3. The van der Waals surface area contributed by atoms with E-state index < -0.39 is 10.8 Å². The van der Waals surface area contributed by atoms with Crippen LogP contribution in [0.1, 0.15) is 48.4 Å². The SMILES string of the molecule is COC1=CC2[C@@H]3C=C4C=CC(=O)C(O)=C4[C@]2(CCN3C)CC1=O.COC1=CC2[C@@H]3[C@H](Nc4ccccc4C)c4ccc(O)c(O)c4[C@]2(CCN3C)CC1=O.Nc1ccccc1. The van der Waals surface area contributed by atoms with Crippen LogP contribution in [-0.4, -0.2) is 96.0 Å². The van der Waals surface area contributed by atoms with Crippen LogP contribution in [-0.2, 0) is 29.3 Å². The molecule has 2 unspecified atom stereocenters. The lowest BCUT2D eigenvalue weighted by atomic mass is 9.52. The van der Waals surface area contributed by atoms with Gasteiger partial charge in [0.15, 0.2) is 40.3 Å². The number of methoxy groups -OCH3 is 2. The Kier molecular flexibility index (Phi) is 11.0. The van der Waals surface area contributed by atoms with Crippen molar-refractivity contribution in [2.45, 2.75) is 56.1 Å². The number of rotatable bonds is 4. The number of likely N-dealkylation sites (tertiary alicyclic amines) is 2. The molecule has 0 amide bonds. The van der Waals surface area contributed by atoms with E-state index in [9.17, 15) is 29.7 Å². The third-order valence-corrected chi connectivity index (χ3v) is 14.1. The van der Waals surface area contributed by atoms with Crippen molar-refractivity contribution in [1.82, 2.24) is 9.80 Å². The van der Waals surface area contributed by atoms with E-state index in [4.69, 9.17) is 15.2 Å². The number of nitrogens with one attached hydrogen (secondary N) is 1. The number of anilines is 2. The molecule has 0 saturated carbocycles. The molecule has 12 heteroatoms. The van der Waals surface area contributed by atoms with Gasteiger partial charge in [-0.25, -0.2) is 0 Å². The molecule has 2 heterocycles. The van der Waals surface area contributed by atoms with Crippen LogP contribution in [0.15, 0.2) is 126 Å². The Bertz CT molecular complexity index is 2440. The number of piperidine rings is 2. The number of hydrogen-bond acceptors (Lipinski definition) is 12. The lowest BCUT2D eigenvalue weighted by Crippen LogP contribution is -2.62. The van der Waals surface area contributed by atoms with E-state index >= 15 is 0 Å². The van der Waals surface area contributed by atoms with Gasteiger partial charge < -0.3 is 40.7 Å². The molecule has 7 atom stereocenters. The number of Topliss-reactive ketones (excluding diaryl/α,β-unsaturated/α-hetero) is 2. The van der Waals surface area contributed by atoms with Crippen molar-refractivity contribution in [2.24, 2.45) is 17.3 Å². The Morgan fingerprint density at radius 3 is 2.03 bits per heavy atom. The Hall–Kier alpha value is -6.11. The molecule has 61 heavy (non-hydrogen) atoms. The van der Waals surface area contributed by atoms with Gasteiger partial charge in [-0.15, -0.1) is 0 Å². The van der Waals surface area contributed by atoms with Crippen LogP contribution in [0.4, 0.5) is 11.4 Å². The third kappa shape index (κ3) is 6.91. The van der Waals surface area contributed by atoms with Gasteiger partial charge >= 0.3 is 0 Å². The standard InChI is InChI=1S/C25H28N2O4.C18H19NO4.C6H7N/c1-14-6-4-5-7-17(14)26-22-15-8-9-18(28)24(30)21(15)25-10-11-27(2)23(22)16(25)12-20(31-3)19(29)13-25;1-19-6-5-18-9-14(21)15(23-2)8-11(18)12(19)7-10-3-4-13(20)17(22)16(10)18;7-6-4-2-1-3-5-6/h4-9,12,16,22-23,26,28,30H,10-11,13H2,1-3H3;3-4,7-8,11-12,22H,5-6,9H2,1-2H3;1-5H,7H2/t16?,22-,23-,25-;11?,12-,18+;/m10./s1. The number of likely N-dealkylation sites (N-methyl/N-ethyl adjacent to an activating group) is 2. The molecule has 2 aliphatic heterocycles. The fraction of sp³-hybridized carbons (Fsp3) is 0.367. The fourth-order valence-electron chi connectivity index (χ4n) is 11.1. The molecule has 318 valence electrons. The minimum absolute atomic E-state index is 0.0223. The lowest BCUT2D eigenvalue weighted by Gasteiger charge is -2.59. The summed E-state index contributed by atoms with van der Waals surface area (Å²) in [5.41, 5.74) is 10.4. The molecule has 4 bridgehead atoms. The van der Waals surface area contributed by atoms with Crippen molar-refractivity contribution >= 4 is 28.7 Å². The maximum Gasteiger partial charge on any atom is 0.220 e. The zero-order valence-corrected chi connectivity index (χ0v) is 35.2. The second kappa shape index (κ2) is 16.1. The number of para-hydroxylation sites is 2. The number of phenolic OH excluding ortho intramolecular Hbond substituents is 2. The van der Waals surface area contributed by atoms with E-state index in [0.717, 1.165) is 54.0 Å². The number of aliphatic hydroxyl groups excluding tert-OH is 1. The van der Waals surface area contributed by atoms with Gasteiger partial charge in [0.05, 0.1) is 20.3 Å². The lowest BCUT2D eigenvalue weighted by molar-refractivity contribution is -0.124. The van der Waals surface area contributed by atoms with Crippen LogP contribution in [0.3, 0.4) is 0 Å². The average molecular weight is 827 g/mol. The van der Waals surface area contributed by atoms with E-state index in [-0.39, 0.29) is 77.4 Å². The zero-order chi connectivity index (χ0) is 43.4. The van der Waals surface area contributed by atoms with E-state index in [1.54, 1.807) is 12.1 Å². The number of aryl methyl sites for hydroxylation is 1. The van der Waals surface area contributed by atoms with Crippen LogP contribution < -0.4 is 11.1 Å². The van der Waals surface area contributed by atoms with Crippen molar-refractivity contribution in [2.75, 3.05) is 52.5 Å². The molecule has 6 N–H and O–H groups in total. The number of ketones is 3. The average Bonchev–Trinajstić information content (AvgIpc) is 3.24. The molecule has 5 aliphatic carbocycles. The number of phenols is 2. The minimum Gasteiger partial charge on any atom is -0.504 e. The molecule has 0 spiro atoms. The largest absolute Gasteiger partial charge is 0.504 e. The highest BCUT2D eigenvalue weighted by Crippen LogP contribution is 2.61. The van der Waals surface area contributed by atoms with Crippen LogP contribution in [0.2, 0.25) is 0 Å². The first-order valence-corrected chi connectivity index (χ1v) is 20.8. The Morgan fingerprint density at radius 1 is 0.754 bits per heavy atom. The number of nitrogens with zero attached hydrogens (tertiary/aromatic N) is 2. The summed E-state index contributed by atoms with van der Waals surface area (Å²) in [4.78, 5) is 42.0. The fourth-order valence-corrected chi connectivity index (χ4v) is 11.1. The van der Waals surface area contributed by atoms with Gasteiger partial charge in [0.1, 0.15) is 0 Å². The summed E-state index contributed by atoms with van der Waals surface area (Å²) in [6.07, 6.45) is 11.1. The number of carbonyl (C=O) groups excluding carboxylic acids is 3. The molecule has 10 rings (SSSR count). The van der Waals surface area contributed by atoms with E-state index in [1.165, 1.54) is 20.3 Å². The number of hydrogen-bond donors (Lipinski definition) is 5. The van der Waals surface area contributed by atoms with Gasteiger partial charge in [-0.2, -0.15) is 0 Å². The van der Waals surface area contributed by atoms with E-state index in [1.807, 2.05) is 60.7 Å². The quantitative estimate of drug-likeness (QED) is 0.141. The van der Waals surface area contributed by atoms with Gasteiger partial charge in [-0.3, -0.25) is 19.3 Å². The van der Waals surface area contributed by atoms with Crippen LogP contribution >= 0.6 is 0 Å². The number of nitrogens with two attached hydrogens (primary N) is 1. The van der Waals surface area contributed by atoms with Crippen molar-refractivity contribution in [1.29, 1.82) is 0 Å². The molecular weight excluding hydrogens is 773 g/mol. The Morgan fingerprint density at radius 2 is 1.38 bits per heavy atom. The van der Waals surface area contributed by atoms with Gasteiger partial charge in [0, 0.05) is 70.1 Å². The number of aliphatic hydroxyl groups is 1. The topological polar surface area (TPSA) is 175 Å². The van der Waals surface area contributed by atoms with Crippen molar-refractivity contribution in [3.63, 3.8) is 0 Å². The smallest absolute Gasteiger partial charge is 0.220 e. The molecule has 7 aliphatic rings. The minimum atomic E-state index is -0.557. The molecule has 0 radical (unpaired) electrons. The monoisotopic (exact) mass is 826 g/mol. The van der Waals surface area contributed by atoms with Gasteiger partial charge in [-0.05, 0) is 106 Å². The van der Waals surface area contributed by atoms with Crippen molar-refractivity contribution in [3.05, 3.63) is 142 Å².